The fourth-order valence-electron chi connectivity index (χ4n) is 2.75. The minimum Gasteiger partial charge on any atom is -0.374 e. The minimum absolute atomic E-state index is 1.10. The second kappa shape index (κ2) is 4.49. The van der Waals surface area contributed by atoms with E-state index in [1.165, 1.54) is 34.4 Å². The number of hydrogen-bond donors (Lipinski definition) is 0. The third kappa shape index (κ3) is 1.71. The molecule has 0 bridgehead atoms. The summed E-state index contributed by atoms with van der Waals surface area (Å²) in [6.07, 6.45) is 3.49. The van der Waals surface area contributed by atoms with Gasteiger partial charge >= 0.3 is 0 Å². The first-order valence-corrected chi connectivity index (χ1v) is 6.59. The zero-order valence-corrected chi connectivity index (χ0v) is 11.0. The average Bonchev–Trinajstić information content (AvgIpc) is 2.77. The van der Waals surface area contributed by atoms with Crippen LogP contribution in [0.25, 0.3) is 11.1 Å². The summed E-state index contributed by atoms with van der Waals surface area (Å²) in [6, 6.07) is 15.2. The van der Waals surface area contributed by atoms with Crippen molar-refractivity contribution in [2.45, 2.75) is 13.3 Å². The van der Waals surface area contributed by atoms with E-state index in [0.29, 0.717) is 0 Å². The fourth-order valence-corrected chi connectivity index (χ4v) is 2.75. The Morgan fingerprint density at radius 1 is 0.944 bits per heavy atom. The highest BCUT2D eigenvalue weighted by molar-refractivity contribution is 5.86. The average molecular weight is 236 g/mol. The SMILES string of the molecule is CCCN(C)c1cccc2c1[CH]c1ccccc1-2. The lowest BCUT2D eigenvalue weighted by Gasteiger charge is -2.21. The first-order valence-electron chi connectivity index (χ1n) is 6.59. The first kappa shape index (κ1) is 11.3. The van der Waals surface area contributed by atoms with Crippen LogP contribution in [0, 0.1) is 6.42 Å². The molecule has 0 aliphatic heterocycles. The molecule has 0 atom stereocenters. The second-order valence-corrected chi connectivity index (χ2v) is 4.89. The van der Waals surface area contributed by atoms with Gasteiger partial charge in [0, 0.05) is 25.7 Å². The zero-order valence-electron chi connectivity index (χ0n) is 11.0. The largest absolute Gasteiger partial charge is 0.374 e. The van der Waals surface area contributed by atoms with Gasteiger partial charge in [0.1, 0.15) is 0 Å². The van der Waals surface area contributed by atoms with E-state index in [2.05, 4.69) is 67.8 Å². The normalized spacial score (nSPS) is 12.1. The summed E-state index contributed by atoms with van der Waals surface area (Å²) in [5.41, 5.74) is 6.77. The van der Waals surface area contributed by atoms with Crippen molar-refractivity contribution in [1.82, 2.24) is 0 Å². The molecule has 1 aliphatic carbocycles. The van der Waals surface area contributed by atoms with E-state index in [0.717, 1.165) is 6.54 Å². The van der Waals surface area contributed by atoms with E-state index < -0.39 is 0 Å². The van der Waals surface area contributed by atoms with Crippen LogP contribution in [0.3, 0.4) is 0 Å². The summed E-state index contributed by atoms with van der Waals surface area (Å²) in [7, 11) is 2.18. The van der Waals surface area contributed by atoms with Gasteiger partial charge in [-0.1, -0.05) is 43.3 Å². The topological polar surface area (TPSA) is 3.24 Å². The van der Waals surface area contributed by atoms with Crippen molar-refractivity contribution in [1.29, 1.82) is 0 Å². The second-order valence-electron chi connectivity index (χ2n) is 4.89. The van der Waals surface area contributed by atoms with Gasteiger partial charge in [-0.3, -0.25) is 0 Å². The number of hydrogen-bond acceptors (Lipinski definition) is 1. The molecule has 18 heavy (non-hydrogen) atoms. The highest BCUT2D eigenvalue weighted by atomic mass is 15.1. The van der Waals surface area contributed by atoms with Crippen LogP contribution in [-0.4, -0.2) is 13.6 Å². The molecule has 1 heteroatoms. The molecule has 0 spiro atoms. The summed E-state index contributed by atoms with van der Waals surface area (Å²) in [6.45, 7) is 3.32. The van der Waals surface area contributed by atoms with Crippen molar-refractivity contribution in [3.05, 3.63) is 60.0 Å². The van der Waals surface area contributed by atoms with Crippen molar-refractivity contribution in [3.8, 4) is 11.1 Å². The smallest absolute Gasteiger partial charge is 0.0409 e. The van der Waals surface area contributed by atoms with Crippen molar-refractivity contribution in [3.63, 3.8) is 0 Å². The van der Waals surface area contributed by atoms with Gasteiger partial charge in [0.05, 0.1) is 0 Å². The molecule has 0 amide bonds. The lowest BCUT2D eigenvalue weighted by Crippen LogP contribution is -2.18. The molecule has 1 aliphatic rings. The lowest BCUT2D eigenvalue weighted by atomic mass is 10.0. The van der Waals surface area contributed by atoms with Crippen LogP contribution in [0.5, 0.6) is 0 Å². The molecular formula is C17H18N. The van der Waals surface area contributed by atoms with E-state index in [1.54, 1.807) is 0 Å². The quantitative estimate of drug-likeness (QED) is 0.661. The summed E-state index contributed by atoms with van der Waals surface area (Å²) in [4.78, 5) is 2.35. The zero-order chi connectivity index (χ0) is 12.5. The fraction of sp³-hybridized carbons (Fsp3) is 0.235. The molecule has 3 rings (SSSR count). The third-order valence-electron chi connectivity index (χ3n) is 3.60. The van der Waals surface area contributed by atoms with Gasteiger partial charge in [-0.15, -0.1) is 0 Å². The van der Waals surface area contributed by atoms with Gasteiger partial charge in [0.25, 0.3) is 0 Å². The van der Waals surface area contributed by atoms with E-state index in [9.17, 15) is 0 Å². The lowest BCUT2D eigenvalue weighted by molar-refractivity contribution is 0.850. The van der Waals surface area contributed by atoms with Gasteiger partial charge in [-0.05, 0) is 34.7 Å². The molecule has 1 nitrogen and oxygen atoms in total. The van der Waals surface area contributed by atoms with Crippen LogP contribution in [0.4, 0.5) is 5.69 Å². The minimum atomic E-state index is 1.10. The molecule has 2 aromatic rings. The van der Waals surface area contributed by atoms with Gasteiger partial charge < -0.3 is 4.90 Å². The highest BCUT2D eigenvalue weighted by Crippen LogP contribution is 2.42. The van der Waals surface area contributed by atoms with E-state index in [-0.39, 0.29) is 0 Å². The number of benzene rings is 2. The van der Waals surface area contributed by atoms with Gasteiger partial charge in [-0.25, -0.2) is 0 Å². The Hall–Kier alpha value is -1.76. The summed E-state index contributed by atoms with van der Waals surface area (Å²) >= 11 is 0. The maximum absolute atomic E-state index is 2.35. The molecule has 0 saturated carbocycles. The predicted molar refractivity (Wildman–Crippen MR) is 77.9 cm³/mol. The summed E-state index contributed by atoms with van der Waals surface area (Å²) in [5, 5.41) is 0. The van der Waals surface area contributed by atoms with Crippen LogP contribution >= 0.6 is 0 Å². The molecule has 0 aromatic heterocycles. The Morgan fingerprint density at radius 2 is 1.72 bits per heavy atom. The van der Waals surface area contributed by atoms with Crippen LogP contribution in [0.1, 0.15) is 24.5 Å². The summed E-state index contributed by atoms with van der Waals surface area (Å²) in [5.74, 6) is 0. The molecule has 91 valence electrons. The molecule has 0 unspecified atom stereocenters. The molecule has 0 heterocycles. The number of fused-ring (bicyclic) bond motifs is 3. The Labute approximate surface area is 109 Å². The third-order valence-corrected chi connectivity index (χ3v) is 3.60. The molecular weight excluding hydrogens is 218 g/mol. The van der Waals surface area contributed by atoms with Crippen LogP contribution in [-0.2, 0) is 0 Å². The number of nitrogens with zero attached hydrogens (tertiary/aromatic N) is 1. The highest BCUT2D eigenvalue weighted by Gasteiger charge is 2.21. The Bertz CT molecular complexity index is 572. The maximum Gasteiger partial charge on any atom is 0.0409 e. The molecule has 0 saturated heterocycles. The van der Waals surface area contributed by atoms with Gasteiger partial charge in [-0.2, -0.15) is 0 Å². The van der Waals surface area contributed by atoms with Crippen LogP contribution in [0.15, 0.2) is 42.5 Å². The van der Waals surface area contributed by atoms with Gasteiger partial charge in [0.15, 0.2) is 0 Å². The van der Waals surface area contributed by atoms with Crippen molar-refractivity contribution in [2.75, 3.05) is 18.5 Å². The Kier molecular flexibility index (Phi) is 2.83. The monoisotopic (exact) mass is 236 g/mol. The van der Waals surface area contributed by atoms with Crippen molar-refractivity contribution < 1.29 is 0 Å². The number of anilines is 1. The predicted octanol–water partition coefficient (Wildman–Crippen LogP) is 4.11. The Morgan fingerprint density at radius 3 is 2.56 bits per heavy atom. The molecule has 0 N–H and O–H groups in total. The number of rotatable bonds is 3. The van der Waals surface area contributed by atoms with E-state index in [4.69, 9.17) is 0 Å². The van der Waals surface area contributed by atoms with E-state index in [1.807, 2.05) is 0 Å². The maximum atomic E-state index is 2.35. The summed E-state index contributed by atoms with van der Waals surface area (Å²) < 4.78 is 0. The molecule has 1 radical (unpaired) electrons. The van der Waals surface area contributed by atoms with Crippen molar-refractivity contribution >= 4 is 5.69 Å². The van der Waals surface area contributed by atoms with Crippen LogP contribution in [0.2, 0.25) is 0 Å². The molecule has 2 aromatic carbocycles. The van der Waals surface area contributed by atoms with Gasteiger partial charge in [0.2, 0.25) is 0 Å². The molecule has 0 fully saturated rings. The standard InChI is InChI=1S/C17H18N/c1-3-11-18(2)17-10-6-9-15-14-8-5-4-7-13(14)12-16(15)17/h4-10,12H,3,11H2,1-2H3. The van der Waals surface area contributed by atoms with Crippen LogP contribution < -0.4 is 4.90 Å². The van der Waals surface area contributed by atoms with Crippen molar-refractivity contribution in [2.24, 2.45) is 0 Å². The van der Waals surface area contributed by atoms with E-state index >= 15 is 0 Å². The Balaban J connectivity index is 2.08. The first-order chi connectivity index (χ1) is 8.81.